The molecule has 0 unspecified atom stereocenters. The monoisotopic (exact) mass is 377 g/mol. The van der Waals surface area contributed by atoms with Gasteiger partial charge in [0, 0.05) is 7.05 Å². The van der Waals surface area contributed by atoms with Crippen LogP contribution in [-0.4, -0.2) is 43.1 Å². The van der Waals surface area contributed by atoms with Crippen LogP contribution in [0.3, 0.4) is 0 Å². The second-order valence-corrected chi connectivity index (χ2v) is 6.01. The number of nitrogens with zero attached hydrogens (tertiary/aromatic N) is 4. The maximum absolute atomic E-state index is 12.4. The Morgan fingerprint density at radius 3 is 2.76 bits per heavy atom. The largest absolute Gasteiger partial charge is 0.388 e. The number of hydrogen-bond acceptors (Lipinski definition) is 5. The molecule has 1 aliphatic heterocycles. The predicted octanol–water partition coefficient (Wildman–Crippen LogP) is 0.429. The molecule has 21 heavy (non-hydrogen) atoms. The molecule has 2 aromatic heterocycles. The van der Waals surface area contributed by atoms with Gasteiger partial charge in [-0.2, -0.15) is 5.10 Å². The van der Waals surface area contributed by atoms with E-state index in [4.69, 9.17) is 0 Å². The molecule has 116 valence electrons. The summed E-state index contributed by atoms with van der Waals surface area (Å²) >= 11 is 3.35. The van der Waals surface area contributed by atoms with Crippen molar-refractivity contribution >= 4 is 39.4 Å². The number of nitrogens with one attached hydrogen (secondary N) is 1. The summed E-state index contributed by atoms with van der Waals surface area (Å²) in [6.45, 7) is 1.77. The van der Waals surface area contributed by atoms with Gasteiger partial charge in [0.25, 0.3) is 5.56 Å². The molecule has 1 aliphatic rings. The normalized spacial score (nSPS) is 17.7. The second-order valence-electron chi connectivity index (χ2n) is 5.26. The summed E-state index contributed by atoms with van der Waals surface area (Å²) in [6.07, 6.45) is 2.74. The third-order valence-corrected chi connectivity index (χ3v) is 4.63. The SMILES string of the molecule is Cl.Cn1nc2c(=O)n(CC3(O)CCNCC3)cnc2c1Br. The van der Waals surface area contributed by atoms with E-state index in [1.165, 1.54) is 10.9 Å². The van der Waals surface area contributed by atoms with Gasteiger partial charge >= 0.3 is 0 Å². The summed E-state index contributed by atoms with van der Waals surface area (Å²) in [5, 5.41) is 17.9. The van der Waals surface area contributed by atoms with Crippen molar-refractivity contribution in [2.24, 2.45) is 7.05 Å². The van der Waals surface area contributed by atoms with Gasteiger partial charge in [0.2, 0.25) is 0 Å². The Morgan fingerprint density at radius 1 is 1.43 bits per heavy atom. The van der Waals surface area contributed by atoms with E-state index < -0.39 is 5.60 Å². The van der Waals surface area contributed by atoms with Crippen LogP contribution >= 0.6 is 28.3 Å². The van der Waals surface area contributed by atoms with Crippen LogP contribution in [-0.2, 0) is 13.6 Å². The fourth-order valence-corrected chi connectivity index (χ4v) is 2.92. The number of hydrogen-bond donors (Lipinski definition) is 2. The van der Waals surface area contributed by atoms with E-state index in [-0.39, 0.29) is 24.5 Å². The van der Waals surface area contributed by atoms with Crippen molar-refractivity contribution in [3.63, 3.8) is 0 Å². The minimum atomic E-state index is -0.851. The summed E-state index contributed by atoms with van der Waals surface area (Å²) in [5.74, 6) is 0. The van der Waals surface area contributed by atoms with Crippen molar-refractivity contribution in [1.82, 2.24) is 24.6 Å². The van der Waals surface area contributed by atoms with Crippen LogP contribution in [0.4, 0.5) is 0 Å². The molecule has 2 N–H and O–H groups in total. The number of fused-ring (bicyclic) bond motifs is 1. The number of aryl methyl sites for hydroxylation is 1. The van der Waals surface area contributed by atoms with Crippen molar-refractivity contribution in [3.05, 3.63) is 21.3 Å². The van der Waals surface area contributed by atoms with Crippen LogP contribution in [0.2, 0.25) is 0 Å². The van der Waals surface area contributed by atoms with E-state index in [1.807, 2.05) is 0 Å². The van der Waals surface area contributed by atoms with E-state index in [0.717, 1.165) is 13.1 Å². The van der Waals surface area contributed by atoms with Gasteiger partial charge in [0.1, 0.15) is 10.1 Å². The molecule has 0 amide bonds. The third-order valence-electron chi connectivity index (χ3n) is 3.74. The highest BCUT2D eigenvalue weighted by molar-refractivity contribution is 9.10. The highest BCUT2D eigenvalue weighted by Crippen LogP contribution is 2.21. The topological polar surface area (TPSA) is 85.0 Å². The van der Waals surface area contributed by atoms with Crippen molar-refractivity contribution in [1.29, 1.82) is 0 Å². The third kappa shape index (κ3) is 2.98. The molecule has 7 nitrogen and oxygen atoms in total. The van der Waals surface area contributed by atoms with Gasteiger partial charge in [-0.15, -0.1) is 12.4 Å². The minimum Gasteiger partial charge on any atom is -0.388 e. The van der Waals surface area contributed by atoms with E-state index in [2.05, 4.69) is 31.3 Å². The molecular weight excluding hydrogens is 362 g/mol. The first-order valence-electron chi connectivity index (χ1n) is 6.51. The summed E-state index contributed by atoms with van der Waals surface area (Å²) < 4.78 is 3.70. The molecule has 0 aromatic carbocycles. The Morgan fingerprint density at radius 2 is 2.10 bits per heavy atom. The van der Waals surface area contributed by atoms with Crippen molar-refractivity contribution in [2.45, 2.75) is 25.0 Å². The Hall–Kier alpha value is -0.960. The molecule has 2 aromatic rings. The van der Waals surface area contributed by atoms with Crippen LogP contribution in [0.25, 0.3) is 11.0 Å². The van der Waals surface area contributed by atoms with Gasteiger partial charge < -0.3 is 10.4 Å². The van der Waals surface area contributed by atoms with E-state index in [0.29, 0.717) is 28.5 Å². The second kappa shape index (κ2) is 6.04. The van der Waals surface area contributed by atoms with Crippen LogP contribution in [0.1, 0.15) is 12.8 Å². The lowest BCUT2D eigenvalue weighted by Crippen LogP contribution is -2.46. The molecule has 0 radical (unpaired) electrons. The number of aliphatic hydroxyl groups is 1. The number of aromatic nitrogens is 4. The lowest BCUT2D eigenvalue weighted by molar-refractivity contribution is -0.00628. The molecule has 9 heteroatoms. The lowest BCUT2D eigenvalue weighted by atomic mass is 9.92. The summed E-state index contributed by atoms with van der Waals surface area (Å²) in [5.41, 5.74) is -0.204. The molecular formula is C12H17BrClN5O2. The van der Waals surface area contributed by atoms with Gasteiger partial charge in [-0.1, -0.05) is 0 Å². The number of piperidine rings is 1. The maximum Gasteiger partial charge on any atom is 0.281 e. The minimum absolute atomic E-state index is 0. The van der Waals surface area contributed by atoms with Gasteiger partial charge in [0.15, 0.2) is 5.52 Å². The maximum atomic E-state index is 12.4. The van der Waals surface area contributed by atoms with Crippen molar-refractivity contribution < 1.29 is 5.11 Å². The smallest absolute Gasteiger partial charge is 0.281 e. The van der Waals surface area contributed by atoms with Gasteiger partial charge in [-0.25, -0.2) is 4.98 Å². The summed E-state index contributed by atoms with van der Waals surface area (Å²) in [4.78, 5) is 16.7. The number of halogens is 2. The molecule has 3 heterocycles. The highest BCUT2D eigenvalue weighted by atomic mass is 79.9. The molecule has 0 atom stereocenters. The molecule has 3 rings (SSSR count). The molecule has 1 fully saturated rings. The van der Waals surface area contributed by atoms with Gasteiger partial charge in [-0.05, 0) is 41.9 Å². The van der Waals surface area contributed by atoms with Gasteiger partial charge in [-0.3, -0.25) is 14.0 Å². The Bertz CT molecular complexity index is 707. The van der Waals surface area contributed by atoms with E-state index in [1.54, 1.807) is 11.7 Å². The first-order chi connectivity index (χ1) is 9.50. The molecule has 1 saturated heterocycles. The van der Waals surface area contributed by atoms with E-state index in [9.17, 15) is 9.90 Å². The Kier molecular flexibility index (Phi) is 4.72. The number of rotatable bonds is 2. The average molecular weight is 379 g/mol. The quantitative estimate of drug-likeness (QED) is 0.791. The standard InChI is InChI=1S/C12H16BrN5O2.ClH/c1-17-10(13)8-9(16-17)11(19)18(7-15-8)6-12(20)2-4-14-5-3-12;/h7,14,20H,2-6H2,1H3;1H. The zero-order chi connectivity index (χ0) is 14.3. The predicted molar refractivity (Wildman–Crippen MR) is 84.8 cm³/mol. The fraction of sp³-hybridized carbons (Fsp3) is 0.583. The van der Waals surface area contributed by atoms with Crippen LogP contribution in [0.15, 0.2) is 15.7 Å². The summed E-state index contributed by atoms with van der Waals surface area (Å²) in [6, 6.07) is 0. The Labute approximate surface area is 135 Å². The zero-order valence-corrected chi connectivity index (χ0v) is 13.9. The van der Waals surface area contributed by atoms with Crippen molar-refractivity contribution in [2.75, 3.05) is 13.1 Å². The van der Waals surface area contributed by atoms with Crippen LogP contribution in [0, 0.1) is 0 Å². The molecule has 0 bridgehead atoms. The van der Waals surface area contributed by atoms with Crippen molar-refractivity contribution in [3.8, 4) is 0 Å². The lowest BCUT2D eigenvalue weighted by Gasteiger charge is -2.32. The Balaban J connectivity index is 0.00000161. The van der Waals surface area contributed by atoms with Crippen LogP contribution in [0.5, 0.6) is 0 Å². The van der Waals surface area contributed by atoms with Crippen LogP contribution < -0.4 is 10.9 Å². The first-order valence-corrected chi connectivity index (χ1v) is 7.30. The zero-order valence-electron chi connectivity index (χ0n) is 11.5. The molecule has 0 spiro atoms. The molecule has 0 saturated carbocycles. The average Bonchev–Trinajstić information content (AvgIpc) is 2.71. The first kappa shape index (κ1) is 16.4. The van der Waals surface area contributed by atoms with E-state index >= 15 is 0 Å². The highest BCUT2D eigenvalue weighted by Gasteiger charge is 2.30. The summed E-state index contributed by atoms with van der Waals surface area (Å²) in [7, 11) is 1.75. The fourth-order valence-electron chi connectivity index (χ4n) is 2.55. The molecule has 0 aliphatic carbocycles. The van der Waals surface area contributed by atoms with Gasteiger partial charge in [0.05, 0.1) is 18.5 Å².